The second-order valence-corrected chi connectivity index (χ2v) is 4.53. The van der Waals surface area contributed by atoms with Crippen LogP contribution in [-0.4, -0.2) is 55.6 Å². The van der Waals surface area contributed by atoms with E-state index in [-0.39, 0.29) is 0 Å². The molecule has 0 aromatic carbocycles. The molecule has 0 amide bonds. The second-order valence-electron chi connectivity index (χ2n) is 4.53. The Morgan fingerprint density at radius 2 is 1.87 bits per heavy atom. The summed E-state index contributed by atoms with van der Waals surface area (Å²) in [4.78, 5) is 5.09. The molecule has 0 spiro atoms. The standard InChI is InChI=1S/C12H27N3/c1-2-7-14(12-6-13)10-5-11-15-8-3-4-9-15/h2-13H2,1H3. The topological polar surface area (TPSA) is 32.5 Å². The van der Waals surface area contributed by atoms with Gasteiger partial charge in [0, 0.05) is 13.1 Å². The normalized spacial score (nSPS) is 17.8. The lowest BCUT2D eigenvalue weighted by Gasteiger charge is -2.22. The van der Waals surface area contributed by atoms with Crippen LogP contribution in [0.4, 0.5) is 0 Å². The van der Waals surface area contributed by atoms with E-state index in [2.05, 4.69) is 16.7 Å². The van der Waals surface area contributed by atoms with E-state index in [1.165, 1.54) is 58.4 Å². The average molecular weight is 213 g/mol. The van der Waals surface area contributed by atoms with Crippen LogP contribution in [0, 0.1) is 0 Å². The Hall–Kier alpha value is -0.120. The van der Waals surface area contributed by atoms with Crippen LogP contribution >= 0.6 is 0 Å². The van der Waals surface area contributed by atoms with Crippen LogP contribution in [-0.2, 0) is 0 Å². The van der Waals surface area contributed by atoms with E-state index in [4.69, 9.17) is 5.73 Å². The predicted octanol–water partition coefficient (Wildman–Crippen LogP) is 1.14. The van der Waals surface area contributed by atoms with Crippen LogP contribution in [0.1, 0.15) is 32.6 Å². The molecule has 1 rings (SSSR count). The number of hydrogen-bond donors (Lipinski definition) is 1. The number of rotatable bonds is 8. The van der Waals surface area contributed by atoms with Crippen molar-refractivity contribution in [2.75, 3.05) is 45.8 Å². The van der Waals surface area contributed by atoms with Gasteiger partial charge in [-0.05, 0) is 58.4 Å². The Kier molecular flexibility index (Phi) is 6.98. The number of hydrogen-bond acceptors (Lipinski definition) is 3. The highest BCUT2D eigenvalue weighted by Crippen LogP contribution is 2.07. The van der Waals surface area contributed by atoms with Gasteiger partial charge < -0.3 is 15.5 Å². The molecule has 0 radical (unpaired) electrons. The van der Waals surface area contributed by atoms with Crippen molar-refractivity contribution < 1.29 is 0 Å². The van der Waals surface area contributed by atoms with Gasteiger partial charge >= 0.3 is 0 Å². The van der Waals surface area contributed by atoms with E-state index in [1.54, 1.807) is 0 Å². The zero-order chi connectivity index (χ0) is 10.9. The summed E-state index contributed by atoms with van der Waals surface area (Å²) >= 11 is 0. The van der Waals surface area contributed by atoms with Gasteiger partial charge in [-0.15, -0.1) is 0 Å². The average Bonchev–Trinajstić information content (AvgIpc) is 2.71. The minimum Gasteiger partial charge on any atom is -0.329 e. The van der Waals surface area contributed by atoms with Crippen LogP contribution in [0.25, 0.3) is 0 Å². The van der Waals surface area contributed by atoms with Gasteiger partial charge in [0.25, 0.3) is 0 Å². The zero-order valence-corrected chi connectivity index (χ0v) is 10.2. The molecule has 3 heteroatoms. The smallest absolute Gasteiger partial charge is 0.0105 e. The highest BCUT2D eigenvalue weighted by Gasteiger charge is 2.11. The first kappa shape index (κ1) is 12.9. The summed E-state index contributed by atoms with van der Waals surface area (Å²) < 4.78 is 0. The summed E-state index contributed by atoms with van der Waals surface area (Å²) in [7, 11) is 0. The van der Waals surface area contributed by atoms with Gasteiger partial charge in [-0.25, -0.2) is 0 Å². The van der Waals surface area contributed by atoms with Gasteiger partial charge in [0.15, 0.2) is 0 Å². The molecule has 1 saturated heterocycles. The SMILES string of the molecule is CCCN(CCN)CCCN1CCCC1. The first-order valence-electron chi connectivity index (χ1n) is 6.51. The van der Waals surface area contributed by atoms with Crippen LogP contribution < -0.4 is 5.73 Å². The quantitative estimate of drug-likeness (QED) is 0.656. The van der Waals surface area contributed by atoms with Crippen molar-refractivity contribution in [2.24, 2.45) is 5.73 Å². The third-order valence-electron chi connectivity index (χ3n) is 3.13. The molecule has 0 saturated carbocycles. The maximum atomic E-state index is 5.60. The molecule has 0 aromatic rings. The predicted molar refractivity (Wildman–Crippen MR) is 66.1 cm³/mol. The monoisotopic (exact) mass is 213 g/mol. The van der Waals surface area contributed by atoms with E-state index in [0.29, 0.717) is 0 Å². The van der Waals surface area contributed by atoms with Crippen molar-refractivity contribution in [2.45, 2.75) is 32.6 Å². The zero-order valence-electron chi connectivity index (χ0n) is 10.2. The molecule has 0 unspecified atom stereocenters. The van der Waals surface area contributed by atoms with Gasteiger partial charge in [-0.1, -0.05) is 6.92 Å². The Balaban J connectivity index is 2.04. The van der Waals surface area contributed by atoms with Crippen LogP contribution in [0.2, 0.25) is 0 Å². The molecule has 1 aliphatic rings. The van der Waals surface area contributed by atoms with E-state index < -0.39 is 0 Å². The molecule has 1 fully saturated rings. The van der Waals surface area contributed by atoms with E-state index >= 15 is 0 Å². The third-order valence-corrected chi connectivity index (χ3v) is 3.13. The summed E-state index contributed by atoms with van der Waals surface area (Å²) in [5.41, 5.74) is 5.60. The van der Waals surface area contributed by atoms with Gasteiger partial charge in [0.05, 0.1) is 0 Å². The van der Waals surface area contributed by atoms with Crippen molar-refractivity contribution in [1.29, 1.82) is 0 Å². The van der Waals surface area contributed by atoms with Crippen molar-refractivity contribution in [3.63, 3.8) is 0 Å². The summed E-state index contributed by atoms with van der Waals surface area (Å²) in [6.45, 7) is 10.5. The van der Waals surface area contributed by atoms with Crippen molar-refractivity contribution in [3.8, 4) is 0 Å². The van der Waals surface area contributed by atoms with Crippen molar-refractivity contribution in [3.05, 3.63) is 0 Å². The maximum Gasteiger partial charge on any atom is 0.0105 e. The lowest BCUT2D eigenvalue weighted by atomic mass is 10.3. The van der Waals surface area contributed by atoms with E-state index in [9.17, 15) is 0 Å². The Morgan fingerprint density at radius 3 is 2.47 bits per heavy atom. The van der Waals surface area contributed by atoms with Crippen molar-refractivity contribution >= 4 is 0 Å². The summed E-state index contributed by atoms with van der Waals surface area (Å²) in [5.74, 6) is 0. The van der Waals surface area contributed by atoms with Gasteiger partial charge in [0.1, 0.15) is 0 Å². The highest BCUT2D eigenvalue weighted by atomic mass is 15.2. The molecule has 15 heavy (non-hydrogen) atoms. The molecule has 0 aliphatic carbocycles. The van der Waals surface area contributed by atoms with Gasteiger partial charge in [-0.3, -0.25) is 0 Å². The number of nitrogens with zero attached hydrogens (tertiary/aromatic N) is 2. The Labute approximate surface area is 94.6 Å². The van der Waals surface area contributed by atoms with Crippen LogP contribution in [0.15, 0.2) is 0 Å². The molecule has 1 aliphatic heterocycles. The minimum absolute atomic E-state index is 0.795. The molecule has 1 heterocycles. The van der Waals surface area contributed by atoms with E-state index in [1.807, 2.05) is 0 Å². The summed E-state index contributed by atoms with van der Waals surface area (Å²) in [6.07, 6.45) is 5.35. The molecule has 0 bridgehead atoms. The first-order chi connectivity index (χ1) is 7.36. The molecule has 0 aromatic heterocycles. The van der Waals surface area contributed by atoms with Crippen LogP contribution in [0.5, 0.6) is 0 Å². The van der Waals surface area contributed by atoms with Crippen molar-refractivity contribution in [1.82, 2.24) is 9.80 Å². The number of likely N-dealkylation sites (tertiary alicyclic amines) is 1. The largest absolute Gasteiger partial charge is 0.329 e. The summed E-state index contributed by atoms with van der Waals surface area (Å²) in [5, 5.41) is 0. The molecular weight excluding hydrogens is 186 g/mol. The van der Waals surface area contributed by atoms with Gasteiger partial charge in [0.2, 0.25) is 0 Å². The molecule has 90 valence electrons. The van der Waals surface area contributed by atoms with Crippen LogP contribution in [0.3, 0.4) is 0 Å². The van der Waals surface area contributed by atoms with Gasteiger partial charge in [-0.2, -0.15) is 0 Å². The lowest BCUT2D eigenvalue weighted by molar-refractivity contribution is 0.250. The lowest BCUT2D eigenvalue weighted by Crippen LogP contribution is -2.33. The summed E-state index contributed by atoms with van der Waals surface area (Å²) in [6, 6.07) is 0. The third kappa shape index (κ3) is 5.50. The fourth-order valence-electron chi connectivity index (χ4n) is 2.36. The molecule has 2 N–H and O–H groups in total. The fourth-order valence-corrected chi connectivity index (χ4v) is 2.36. The molecular formula is C12H27N3. The maximum absolute atomic E-state index is 5.60. The first-order valence-corrected chi connectivity index (χ1v) is 6.51. The number of nitrogens with two attached hydrogens (primary N) is 1. The molecule has 3 nitrogen and oxygen atoms in total. The minimum atomic E-state index is 0.795. The Bertz CT molecular complexity index is 138. The molecule has 0 atom stereocenters. The second kappa shape index (κ2) is 8.08. The fraction of sp³-hybridized carbons (Fsp3) is 1.00. The van der Waals surface area contributed by atoms with E-state index in [0.717, 1.165) is 13.1 Å². The Morgan fingerprint density at radius 1 is 1.13 bits per heavy atom. The highest BCUT2D eigenvalue weighted by molar-refractivity contribution is 4.67.